The summed E-state index contributed by atoms with van der Waals surface area (Å²) in [7, 11) is 0. The molecule has 0 aliphatic rings. The SMILES string of the molecule is CCOc1ccc(-c2nnc(NC(=O)c3ccccc3SC)o2)cc1. The summed E-state index contributed by atoms with van der Waals surface area (Å²) in [5.41, 5.74) is 1.32. The number of carbonyl (C=O) groups is 1. The molecule has 1 amide bonds. The Labute approximate surface area is 149 Å². The van der Waals surface area contributed by atoms with Crippen LogP contribution >= 0.6 is 11.8 Å². The van der Waals surface area contributed by atoms with Crippen molar-refractivity contribution in [1.29, 1.82) is 0 Å². The van der Waals surface area contributed by atoms with Crippen molar-refractivity contribution < 1.29 is 13.9 Å². The number of aromatic nitrogens is 2. The van der Waals surface area contributed by atoms with Crippen molar-refractivity contribution in [3.63, 3.8) is 0 Å². The lowest BCUT2D eigenvalue weighted by Crippen LogP contribution is -2.13. The summed E-state index contributed by atoms with van der Waals surface area (Å²) in [5, 5.41) is 10.5. The van der Waals surface area contributed by atoms with Crippen LogP contribution in [0.3, 0.4) is 0 Å². The first kappa shape index (κ1) is 17.0. The number of anilines is 1. The number of thioether (sulfide) groups is 1. The van der Waals surface area contributed by atoms with Crippen LogP contribution in [0.25, 0.3) is 11.5 Å². The second-order valence-electron chi connectivity index (χ2n) is 5.02. The van der Waals surface area contributed by atoms with E-state index in [0.29, 0.717) is 18.1 Å². The van der Waals surface area contributed by atoms with Gasteiger partial charge in [0.05, 0.1) is 12.2 Å². The summed E-state index contributed by atoms with van der Waals surface area (Å²) in [5.74, 6) is 0.816. The van der Waals surface area contributed by atoms with Gasteiger partial charge in [0.15, 0.2) is 0 Å². The standard InChI is InChI=1S/C18H17N3O3S/c1-3-23-13-10-8-12(9-11-13)17-20-21-18(24-17)19-16(22)14-6-4-5-7-15(14)25-2/h4-11H,3H2,1-2H3,(H,19,21,22). The number of hydrogen-bond donors (Lipinski definition) is 1. The molecule has 0 radical (unpaired) electrons. The van der Waals surface area contributed by atoms with E-state index in [9.17, 15) is 4.79 Å². The number of nitrogens with one attached hydrogen (secondary N) is 1. The van der Waals surface area contributed by atoms with Crippen LogP contribution in [-0.2, 0) is 0 Å². The lowest BCUT2D eigenvalue weighted by molar-refractivity contribution is 0.102. The Hall–Kier alpha value is -2.80. The smallest absolute Gasteiger partial charge is 0.322 e. The normalized spacial score (nSPS) is 10.5. The van der Waals surface area contributed by atoms with E-state index in [1.54, 1.807) is 6.07 Å². The fourth-order valence-electron chi connectivity index (χ4n) is 2.25. The van der Waals surface area contributed by atoms with Crippen molar-refractivity contribution in [2.75, 3.05) is 18.2 Å². The Morgan fingerprint density at radius 3 is 2.64 bits per heavy atom. The molecule has 0 saturated heterocycles. The van der Waals surface area contributed by atoms with Crippen LogP contribution in [0.5, 0.6) is 5.75 Å². The molecular formula is C18H17N3O3S. The minimum atomic E-state index is -0.285. The van der Waals surface area contributed by atoms with Gasteiger partial charge in [-0.25, -0.2) is 0 Å². The molecule has 128 valence electrons. The molecule has 0 atom stereocenters. The quantitative estimate of drug-likeness (QED) is 0.671. The molecule has 1 N–H and O–H groups in total. The van der Waals surface area contributed by atoms with Gasteiger partial charge in [0.1, 0.15) is 5.75 Å². The predicted molar refractivity (Wildman–Crippen MR) is 97.1 cm³/mol. The third kappa shape index (κ3) is 4.00. The number of hydrogen-bond acceptors (Lipinski definition) is 6. The third-order valence-corrected chi connectivity index (χ3v) is 4.21. The molecule has 1 heterocycles. The van der Waals surface area contributed by atoms with Gasteiger partial charge in [-0.15, -0.1) is 16.9 Å². The highest BCUT2D eigenvalue weighted by molar-refractivity contribution is 7.98. The van der Waals surface area contributed by atoms with Crippen molar-refractivity contribution in [2.24, 2.45) is 0 Å². The Kier molecular flexibility index (Phi) is 5.35. The zero-order valence-electron chi connectivity index (χ0n) is 13.9. The van der Waals surface area contributed by atoms with E-state index in [2.05, 4.69) is 15.5 Å². The second kappa shape index (κ2) is 7.85. The van der Waals surface area contributed by atoms with E-state index in [0.717, 1.165) is 16.2 Å². The number of rotatable bonds is 6. The largest absolute Gasteiger partial charge is 0.494 e. The fourth-order valence-corrected chi connectivity index (χ4v) is 2.84. The Morgan fingerprint density at radius 2 is 1.92 bits per heavy atom. The van der Waals surface area contributed by atoms with Crippen LogP contribution in [0.4, 0.5) is 6.01 Å². The molecule has 0 bridgehead atoms. The van der Waals surface area contributed by atoms with Gasteiger partial charge in [-0.2, -0.15) is 0 Å². The molecular weight excluding hydrogens is 338 g/mol. The summed E-state index contributed by atoms with van der Waals surface area (Å²) in [4.78, 5) is 13.3. The highest BCUT2D eigenvalue weighted by Crippen LogP contribution is 2.24. The van der Waals surface area contributed by atoms with Gasteiger partial charge in [0.25, 0.3) is 5.91 Å². The van der Waals surface area contributed by atoms with Crippen LogP contribution in [0, 0.1) is 0 Å². The van der Waals surface area contributed by atoms with E-state index in [-0.39, 0.29) is 11.9 Å². The number of amides is 1. The molecule has 6 nitrogen and oxygen atoms in total. The summed E-state index contributed by atoms with van der Waals surface area (Å²) >= 11 is 1.50. The molecule has 1 aromatic heterocycles. The summed E-state index contributed by atoms with van der Waals surface area (Å²) < 4.78 is 10.9. The zero-order valence-corrected chi connectivity index (χ0v) is 14.7. The summed E-state index contributed by atoms with van der Waals surface area (Å²) in [6, 6.07) is 14.7. The van der Waals surface area contributed by atoms with E-state index in [4.69, 9.17) is 9.15 Å². The average Bonchev–Trinajstić information content (AvgIpc) is 3.11. The van der Waals surface area contributed by atoms with E-state index < -0.39 is 0 Å². The van der Waals surface area contributed by atoms with Gasteiger partial charge in [0, 0.05) is 10.5 Å². The Balaban J connectivity index is 1.74. The maximum Gasteiger partial charge on any atom is 0.322 e. The zero-order chi connectivity index (χ0) is 17.6. The lowest BCUT2D eigenvalue weighted by Gasteiger charge is -2.05. The van der Waals surface area contributed by atoms with Crippen LogP contribution in [-0.4, -0.2) is 29.0 Å². The van der Waals surface area contributed by atoms with Gasteiger partial charge in [-0.05, 0) is 49.6 Å². The maximum atomic E-state index is 12.4. The molecule has 3 aromatic rings. The molecule has 0 aliphatic heterocycles. The van der Waals surface area contributed by atoms with Crippen molar-refractivity contribution >= 4 is 23.7 Å². The molecule has 3 rings (SSSR count). The number of benzene rings is 2. The van der Waals surface area contributed by atoms with Crippen molar-refractivity contribution in [1.82, 2.24) is 10.2 Å². The molecule has 0 fully saturated rings. The fraction of sp³-hybridized carbons (Fsp3) is 0.167. The number of ether oxygens (including phenoxy) is 1. The van der Waals surface area contributed by atoms with E-state index >= 15 is 0 Å². The molecule has 0 unspecified atom stereocenters. The van der Waals surface area contributed by atoms with Crippen molar-refractivity contribution in [2.45, 2.75) is 11.8 Å². The topological polar surface area (TPSA) is 77.3 Å². The Morgan fingerprint density at radius 1 is 1.16 bits per heavy atom. The monoisotopic (exact) mass is 355 g/mol. The molecule has 7 heteroatoms. The summed E-state index contributed by atoms with van der Waals surface area (Å²) in [6.07, 6.45) is 1.92. The molecule has 25 heavy (non-hydrogen) atoms. The third-order valence-electron chi connectivity index (χ3n) is 3.41. The minimum absolute atomic E-state index is 0.0600. The average molecular weight is 355 g/mol. The van der Waals surface area contributed by atoms with E-state index in [1.165, 1.54) is 11.8 Å². The highest BCUT2D eigenvalue weighted by atomic mass is 32.2. The highest BCUT2D eigenvalue weighted by Gasteiger charge is 2.15. The van der Waals surface area contributed by atoms with Crippen LogP contribution in [0.15, 0.2) is 57.8 Å². The van der Waals surface area contributed by atoms with Gasteiger partial charge in [-0.1, -0.05) is 17.2 Å². The second-order valence-corrected chi connectivity index (χ2v) is 5.87. The predicted octanol–water partition coefficient (Wildman–Crippen LogP) is 4.11. The van der Waals surface area contributed by atoms with Gasteiger partial charge in [-0.3, -0.25) is 10.1 Å². The molecule has 2 aromatic carbocycles. The van der Waals surface area contributed by atoms with Gasteiger partial charge >= 0.3 is 6.01 Å². The summed E-state index contributed by atoms with van der Waals surface area (Å²) in [6.45, 7) is 2.53. The maximum absolute atomic E-state index is 12.4. The Bertz CT molecular complexity index is 862. The van der Waals surface area contributed by atoms with Crippen molar-refractivity contribution in [3.05, 3.63) is 54.1 Å². The molecule has 0 aliphatic carbocycles. The van der Waals surface area contributed by atoms with Crippen molar-refractivity contribution in [3.8, 4) is 17.2 Å². The van der Waals surface area contributed by atoms with E-state index in [1.807, 2.05) is 55.6 Å². The first-order valence-electron chi connectivity index (χ1n) is 7.72. The first-order valence-corrected chi connectivity index (χ1v) is 8.95. The number of carbonyl (C=O) groups excluding carboxylic acids is 1. The van der Waals surface area contributed by atoms with Gasteiger partial charge in [0.2, 0.25) is 5.89 Å². The first-order chi connectivity index (χ1) is 12.2. The van der Waals surface area contributed by atoms with Crippen LogP contribution in [0.1, 0.15) is 17.3 Å². The minimum Gasteiger partial charge on any atom is -0.494 e. The molecule has 0 spiro atoms. The number of nitrogens with zero attached hydrogens (tertiary/aromatic N) is 2. The van der Waals surface area contributed by atoms with Gasteiger partial charge < -0.3 is 9.15 Å². The van der Waals surface area contributed by atoms with Crippen LogP contribution < -0.4 is 10.1 Å². The lowest BCUT2D eigenvalue weighted by atomic mass is 10.2. The molecule has 0 saturated carbocycles. The van der Waals surface area contributed by atoms with Crippen LogP contribution in [0.2, 0.25) is 0 Å².